The standard InChI is InChI=1S/C11H16O2/c1-10(2)6-4-7-9(12)13-8(5-6)11(7,10)3/h6-8H,4-5H2,1-3H3/t6-,7+,8+,11+/m1/s1. The van der Waals surface area contributed by atoms with Crippen LogP contribution in [0.2, 0.25) is 0 Å². The van der Waals surface area contributed by atoms with Gasteiger partial charge >= 0.3 is 5.97 Å². The van der Waals surface area contributed by atoms with Crippen molar-refractivity contribution in [1.29, 1.82) is 0 Å². The summed E-state index contributed by atoms with van der Waals surface area (Å²) in [5, 5.41) is 0. The van der Waals surface area contributed by atoms with Gasteiger partial charge in [0.05, 0.1) is 5.92 Å². The lowest BCUT2D eigenvalue weighted by atomic mass is 9.67. The molecule has 2 saturated carbocycles. The zero-order valence-electron chi connectivity index (χ0n) is 8.46. The first-order valence-electron chi connectivity index (χ1n) is 5.18. The summed E-state index contributed by atoms with van der Waals surface area (Å²) in [5.74, 6) is 0.978. The topological polar surface area (TPSA) is 26.3 Å². The molecule has 0 aromatic rings. The first-order chi connectivity index (χ1) is 5.98. The fraction of sp³-hybridized carbons (Fsp3) is 0.909. The van der Waals surface area contributed by atoms with Gasteiger partial charge in [-0.2, -0.15) is 0 Å². The molecule has 4 atom stereocenters. The highest BCUT2D eigenvalue weighted by Gasteiger charge is 2.73. The number of esters is 1. The zero-order chi connectivity index (χ0) is 9.43. The van der Waals surface area contributed by atoms with Crippen LogP contribution in [0.15, 0.2) is 0 Å². The van der Waals surface area contributed by atoms with Crippen molar-refractivity contribution < 1.29 is 9.53 Å². The number of hydrogen-bond acceptors (Lipinski definition) is 2. The molecule has 0 aromatic heterocycles. The molecule has 0 spiro atoms. The molecule has 13 heavy (non-hydrogen) atoms. The molecule has 0 amide bonds. The molecule has 3 rings (SSSR count). The van der Waals surface area contributed by atoms with Crippen molar-refractivity contribution in [3.05, 3.63) is 0 Å². The summed E-state index contributed by atoms with van der Waals surface area (Å²) in [5.41, 5.74) is 0.434. The van der Waals surface area contributed by atoms with Gasteiger partial charge < -0.3 is 4.74 Å². The van der Waals surface area contributed by atoms with Gasteiger partial charge in [-0.05, 0) is 24.2 Å². The fourth-order valence-electron chi connectivity index (χ4n) is 3.98. The van der Waals surface area contributed by atoms with Crippen LogP contribution in [0.3, 0.4) is 0 Å². The van der Waals surface area contributed by atoms with E-state index in [1.165, 1.54) is 0 Å². The van der Waals surface area contributed by atoms with Crippen LogP contribution < -0.4 is 0 Å². The lowest BCUT2D eigenvalue weighted by molar-refractivity contribution is -0.143. The van der Waals surface area contributed by atoms with Crippen LogP contribution >= 0.6 is 0 Å². The zero-order valence-corrected chi connectivity index (χ0v) is 8.46. The van der Waals surface area contributed by atoms with Gasteiger partial charge in [0, 0.05) is 5.41 Å². The molecule has 0 radical (unpaired) electrons. The fourth-order valence-corrected chi connectivity index (χ4v) is 3.98. The summed E-state index contributed by atoms with van der Waals surface area (Å²) in [6, 6.07) is 0. The van der Waals surface area contributed by atoms with E-state index < -0.39 is 0 Å². The Morgan fingerprint density at radius 2 is 2.00 bits per heavy atom. The molecule has 2 bridgehead atoms. The van der Waals surface area contributed by atoms with Gasteiger partial charge in [0.25, 0.3) is 0 Å². The minimum absolute atomic E-state index is 0.0700. The van der Waals surface area contributed by atoms with Crippen molar-refractivity contribution in [2.45, 2.75) is 39.7 Å². The second-order valence-electron chi connectivity index (χ2n) is 5.65. The van der Waals surface area contributed by atoms with Crippen molar-refractivity contribution in [3.8, 4) is 0 Å². The molecule has 2 nitrogen and oxygen atoms in total. The Morgan fingerprint density at radius 1 is 1.31 bits per heavy atom. The third kappa shape index (κ3) is 0.570. The molecule has 3 aliphatic rings. The summed E-state index contributed by atoms with van der Waals surface area (Å²) < 4.78 is 5.44. The Hall–Kier alpha value is -0.530. The predicted molar refractivity (Wildman–Crippen MR) is 48.0 cm³/mol. The van der Waals surface area contributed by atoms with Gasteiger partial charge in [0.15, 0.2) is 0 Å². The van der Waals surface area contributed by atoms with Crippen LogP contribution in [0.4, 0.5) is 0 Å². The maximum atomic E-state index is 11.6. The SMILES string of the molecule is CC1(C)[C@H]2C[C@@H]3OC(=O)[C@H](C2)[C@@]31C. The number of ether oxygens (including phenoxy) is 1. The molecule has 1 aliphatic heterocycles. The van der Waals surface area contributed by atoms with Crippen molar-refractivity contribution >= 4 is 5.97 Å². The Bertz CT molecular complexity index is 294. The van der Waals surface area contributed by atoms with E-state index >= 15 is 0 Å². The van der Waals surface area contributed by atoms with Crippen molar-refractivity contribution in [2.75, 3.05) is 0 Å². The van der Waals surface area contributed by atoms with Gasteiger partial charge in [0.2, 0.25) is 0 Å². The summed E-state index contributed by atoms with van der Waals surface area (Å²) in [4.78, 5) is 11.6. The second-order valence-corrected chi connectivity index (χ2v) is 5.65. The van der Waals surface area contributed by atoms with E-state index in [-0.39, 0.29) is 23.4 Å². The van der Waals surface area contributed by atoms with Gasteiger partial charge in [-0.3, -0.25) is 4.79 Å². The van der Waals surface area contributed by atoms with E-state index in [1.54, 1.807) is 0 Å². The number of carbonyl (C=O) groups is 1. The second kappa shape index (κ2) is 1.79. The Kier molecular flexibility index (Phi) is 1.08. The van der Waals surface area contributed by atoms with E-state index in [9.17, 15) is 4.79 Å². The number of hydrogen-bond donors (Lipinski definition) is 0. The Labute approximate surface area is 78.6 Å². The minimum atomic E-state index is 0.0700. The molecule has 2 aliphatic carbocycles. The summed E-state index contributed by atoms with van der Waals surface area (Å²) in [6.45, 7) is 6.86. The quantitative estimate of drug-likeness (QED) is 0.533. The van der Waals surface area contributed by atoms with Crippen LogP contribution in [0.25, 0.3) is 0 Å². The van der Waals surface area contributed by atoms with Gasteiger partial charge in [-0.1, -0.05) is 20.8 Å². The van der Waals surface area contributed by atoms with Crippen LogP contribution in [-0.4, -0.2) is 12.1 Å². The highest BCUT2D eigenvalue weighted by molar-refractivity contribution is 5.78. The Morgan fingerprint density at radius 3 is 2.46 bits per heavy atom. The molecule has 72 valence electrons. The third-order valence-electron chi connectivity index (χ3n) is 5.36. The molecule has 2 heteroatoms. The molecule has 0 unspecified atom stereocenters. The number of rotatable bonds is 0. The van der Waals surface area contributed by atoms with E-state index in [0.717, 1.165) is 12.8 Å². The van der Waals surface area contributed by atoms with E-state index in [1.807, 2.05) is 0 Å². The van der Waals surface area contributed by atoms with E-state index in [4.69, 9.17) is 4.74 Å². The number of carbonyl (C=O) groups excluding carboxylic acids is 1. The lowest BCUT2D eigenvalue weighted by Crippen LogP contribution is -2.36. The maximum absolute atomic E-state index is 11.6. The Balaban J connectivity index is 2.18. The smallest absolute Gasteiger partial charge is 0.309 e. The van der Waals surface area contributed by atoms with Crippen LogP contribution in [0.5, 0.6) is 0 Å². The first-order valence-corrected chi connectivity index (χ1v) is 5.18. The van der Waals surface area contributed by atoms with Gasteiger partial charge in [-0.25, -0.2) is 0 Å². The molecular weight excluding hydrogens is 164 g/mol. The monoisotopic (exact) mass is 180 g/mol. The van der Waals surface area contributed by atoms with Gasteiger partial charge in [-0.15, -0.1) is 0 Å². The first kappa shape index (κ1) is 7.84. The lowest BCUT2D eigenvalue weighted by Gasteiger charge is -2.35. The minimum Gasteiger partial charge on any atom is -0.461 e. The molecule has 0 aromatic carbocycles. The molecule has 1 heterocycles. The molecule has 1 saturated heterocycles. The van der Waals surface area contributed by atoms with Crippen LogP contribution in [0.1, 0.15) is 33.6 Å². The molecular formula is C11H16O2. The normalized spacial score (nSPS) is 55.6. The average Bonchev–Trinajstić information content (AvgIpc) is 2.43. The van der Waals surface area contributed by atoms with Crippen LogP contribution in [-0.2, 0) is 9.53 Å². The van der Waals surface area contributed by atoms with Crippen molar-refractivity contribution in [1.82, 2.24) is 0 Å². The maximum Gasteiger partial charge on any atom is 0.309 e. The van der Waals surface area contributed by atoms with E-state index in [0.29, 0.717) is 11.3 Å². The van der Waals surface area contributed by atoms with Crippen molar-refractivity contribution in [2.24, 2.45) is 22.7 Å². The molecule has 3 fully saturated rings. The molecule has 0 N–H and O–H groups in total. The highest BCUT2D eigenvalue weighted by Crippen LogP contribution is 2.71. The number of fused-ring (bicyclic) bond motifs is 1. The summed E-state index contributed by atoms with van der Waals surface area (Å²) >= 11 is 0. The third-order valence-corrected chi connectivity index (χ3v) is 5.36. The largest absolute Gasteiger partial charge is 0.461 e. The summed E-state index contributed by atoms with van der Waals surface area (Å²) in [7, 11) is 0. The highest BCUT2D eigenvalue weighted by atomic mass is 16.6. The predicted octanol–water partition coefficient (Wildman–Crippen LogP) is 1.98. The van der Waals surface area contributed by atoms with E-state index in [2.05, 4.69) is 20.8 Å². The van der Waals surface area contributed by atoms with Gasteiger partial charge in [0.1, 0.15) is 6.10 Å². The average molecular weight is 180 g/mol. The van der Waals surface area contributed by atoms with Crippen LogP contribution in [0, 0.1) is 22.7 Å². The summed E-state index contributed by atoms with van der Waals surface area (Å²) in [6.07, 6.45) is 2.39. The van der Waals surface area contributed by atoms with Crippen molar-refractivity contribution in [3.63, 3.8) is 0 Å².